The Hall–Kier alpha value is -4.55. The van der Waals surface area contributed by atoms with Crippen LogP contribution >= 0.6 is 11.6 Å². The molecular formula is C29H21ClN2O4. The van der Waals surface area contributed by atoms with Crippen molar-refractivity contribution in [2.45, 2.75) is 0 Å². The minimum Gasteiger partial charge on any atom is -0.497 e. The van der Waals surface area contributed by atoms with Crippen LogP contribution in [0.2, 0.25) is 5.02 Å². The van der Waals surface area contributed by atoms with E-state index in [1.807, 2.05) is 60.7 Å². The molecule has 5 rings (SSSR count). The molecule has 1 N–H and O–H groups in total. The third kappa shape index (κ3) is 5.09. The third-order valence-corrected chi connectivity index (χ3v) is 5.68. The Balaban J connectivity index is 1.42. The standard InChI is InChI=1S/C29H21ClN2O4/c1-34-21-14-11-19(12-15-21)27-18-31-29(36-27)24-10-6-5-9-23(24)28(33)32-25-17-20(30)13-16-26(25)35-22-7-3-2-4-8-22/h2-18H,1H3,(H,32,33). The Morgan fingerprint density at radius 3 is 2.42 bits per heavy atom. The Kier molecular flexibility index (Phi) is 6.69. The number of nitrogens with one attached hydrogen (secondary N) is 1. The highest BCUT2D eigenvalue weighted by Crippen LogP contribution is 2.34. The zero-order chi connectivity index (χ0) is 24.9. The van der Waals surface area contributed by atoms with Gasteiger partial charge in [-0.15, -0.1) is 0 Å². The van der Waals surface area contributed by atoms with Crippen LogP contribution in [0.15, 0.2) is 108 Å². The van der Waals surface area contributed by atoms with Crippen molar-refractivity contribution in [1.29, 1.82) is 0 Å². The molecule has 4 aromatic carbocycles. The molecule has 178 valence electrons. The van der Waals surface area contributed by atoms with E-state index in [0.29, 0.717) is 45.0 Å². The minimum absolute atomic E-state index is 0.332. The number of hydrogen-bond donors (Lipinski definition) is 1. The van der Waals surface area contributed by atoms with Crippen molar-refractivity contribution in [2.24, 2.45) is 0 Å². The van der Waals surface area contributed by atoms with Crippen LogP contribution in [0.1, 0.15) is 10.4 Å². The summed E-state index contributed by atoms with van der Waals surface area (Å²) in [6.45, 7) is 0. The number of methoxy groups -OCH3 is 1. The van der Waals surface area contributed by atoms with Crippen molar-refractivity contribution in [3.63, 3.8) is 0 Å². The quantitative estimate of drug-likeness (QED) is 0.250. The van der Waals surface area contributed by atoms with Crippen LogP contribution in [-0.4, -0.2) is 18.0 Å². The fraction of sp³-hybridized carbons (Fsp3) is 0.0345. The number of rotatable bonds is 7. The number of halogens is 1. The molecule has 36 heavy (non-hydrogen) atoms. The molecule has 1 amide bonds. The van der Waals surface area contributed by atoms with E-state index < -0.39 is 0 Å². The van der Waals surface area contributed by atoms with Crippen molar-refractivity contribution in [3.8, 4) is 40.0 Å². The molecule has 0 unspecified atom stereocenters. The van der Waals surface area contributed by atoms with Gasteiger partial charge in [-0.2, -0.15) is 0 Å². The van der Waals surface area contributed by atoms with Crippen LogP contribution in [0.5, 0.6) is 17.2 Å². The van der Waals surface area contributed by atoms with E-state index >= 15 is 0 Å². The third-order valence-electron chi connectivity index (χ3n) is 5.44. The fourth-order valence-corrected chi connectivity index (χ4v) is 3.82. The van der Waals surface area contributed by atoms with E-state index in [9.17, 15) is 4.79 Å². The highest BCUT2D eigenvalue weighted by molar-refractivity contribution is 6.31. The van der Waals surface area contributed by atoms with Gasteiger partial charge in [0.05, 0.1) is 24.6 Å². The number of anilines is 1. The van der Waals surface area contributed by atoms with E-state index in [1.54, 1.807) is 49.7 Å². The minimum atomic E-state index is -0.352. The topological polar surface area (TPSA) is 73.6 Å². The van der Waals surface area contributed by atoms with Gasteiger partial charge in [0.15, 0.2) is 11.5 Å². The van der Waals surface area contributed by atoms with Gasteiger partial charge in [-0.05, 0) is 66.7 Å². The molecule has 7 heteroatoms. The maximum absolute atomic E-state index is 13.4. The molecule has 0 atom stereocenters. The lowest BCUT2D eigenvalue weighted by Gasteiger charge is -2.14. The maximum atomic E-state index is 13.4. The second kappa shape index (κ2) is 10.4. The van der Waals surface area contributed by atoms with E-state index in [0.717, 1.165) is 11.3 Å². The molecule has 0 aliphatic heterocycles. The SMILES string of the molecule is COc1ccc(-c2cnc(-c3ccccc3C(=O)Nc3cc(Cl)ccc3Oc3ccccc3)o2)cc1. The number of ether oxygens (including phenoxy) is 2. The average Bonchev–Trinajstić information content (AvgIpc) is 3.41. The Morgan fingerprint density at radius 1 is 0.889 bits per heavy atom. The van der Waals surface area contributed by atoms with Gasteiger partial charge in [0, 0.05) is 16.1 Å². The summed E-state index contributed by atoms with van der Waals surface area (Å²) in [7, 11) is 1.61. The highest BCUT2D eigenvalue weighted by atomic mass is 35.5. The average molecular weight is 497 g/mol. The van der Waals surface area contributed by atoms with Crippen LogP contribution in [0.25, 0.3) is 22.8 Å². The van der Waals surface area contributed by atoms with Gasteiger partial charge in [0.1, 0.15) is 11.5 Å². The van der Waals surface area contributed by atoms with Crippen molar-refractivity contribution in [3.05, 3.63) is 114 Å². The number of aromatic nitrogens is 1. The molecule has 6 nitrogen and oxygen atoms in total. The first kappa shape index (κ1) is 23.2. The van der Waals surface area contributed by atoms with Crippen LogP contribution in [0.3, 0.4) is 0 Å². The normalized spacial score (nSPS) is 10.6. The number of para-hydroxylation sites is 1. The van der Waals surface area contributed by atoms with Gasteiger partial charge in [-0.25, -0.2) is 4.98 Å². The predicted octanol–water partition coefficient (Wildman–Crippen LogP) is 7.72. The Morgan fingerprint density at radius 2 is 1.64 bits per heavy atom. The molecule has 0 bridgehead atoms. The summed E-state index contributed by atoms with van der Waals surface area (Å²) in [6, 6.07) is 28.9. The van der Waals surface area contributed by atoms with Gasteiger partial charge in [-0.3, -0.25) is 4.79 Å². The van der Waals surface area contributed by atoms with Crippen LogP contribution in [0, 0.1) is 0 Å². The van der Waals surface area contributed by atoms with Crippen molar-refractivity contribution < 1.29 is 18.7 Å². The van der Waals surface area contributed by atoms with Gasteiger partial charge in [-0.1, -0.05) is 41.9 Å². The predicted molar refractivity (Wildman–Crippen MR) is 140 cm³/mol. The van der Waals surface area contributed by atoms with Gasteiger partial charge in [0.2, 0.25) is 5.89 Å². The monoisotopic (exact) mass is 496 g/mol. The van der Waals surface area contributed by atoms with Crippen LogP contribution in [0.4, 0.5) is 5.69 Å². The molecule has 1 aromatic heterocycles. The number of nitrogens with zero attached hydrogens (tertiary/aromatic N) is 1. The first-order valence-electron chi connectivity index (χ1n) is 11.1. The number of carbonyl (C=O) groups excluding carboxylic acids is 1. The van der Waals surface area contributed by atoms with Crippen molar-refractivity contribution in [1.82, 2.24) is 4.98 Å². The maximum Gasteiger partial charge on any atom is 0.256 e. The summed E-state index contributed by atoms with van der Waals surface area (Å²) >= 11 is 6.22. The largest absolute Gasteiger partial charge is 0.497 e. The van der Waals surface area contributed by atoms with Gasteiger partial charge >= 0.3 is 0 Å². The number of benzene rings is 4. The summed E-state index contributed by atoms with van der Waals surface area (Å²) in [5, 5.41) is 3.39. The second-order valence-electron chi connectivity index (χ2n) is 7.81. The lowest BCUT2D eigenvalue weighted by atomic mass is 10.1. The number of amides is 1. The Bertz CT molecular complexity index is 1500. The van der Waals surface area contributed by atoms with Crippen molar-refractivity contribution in [2.75, 3.05) is 12.4 Å². The summed E-state index contributed by atoms with van der Waals surface area (Å²) in [5.74, 6) is 2.41. The van der Waals surface area contributed by atoms with E-state index in [2.05, 4.69) is 10.3 Å². The molecule has 0 spiro atoms. The number of carbonyl (C=O) groups is 1. The van der Waals surface area contributed by atoms with Crippen LogP contribution in [-0.2, 0) is 0 Å². The summed E-state index contributed by atoms with van der Waals surface area (Å²) in [4.78, 5) is 17.8. The summed E-state index contributed by atoms with van der Waals surface area (Å²) < 4.78 is 17.2. The number of hydrogen-bond acceptors (Lipinski definition) is 5. The zero-order valence-electron chi connectivity index (χ0n) is 19.3. The smallest absolute Gasteiger partial charge is 0.256 e. The summed E-state index contributed by atoms with van der Waals surface area (Å²) in [6.07, 6.45) is 1.63. The zero-order valence-corrected chi connectivity index (χ0v) is 20.0. The molecule has 0 saturated heterocycles. The molecule has 5 aromatic rings. The molecule has 0 radical (unpaired) electrons. The van der Waals surface area contributed by atoms with Crippen LogP contribution < -0.4 is 14.8 Å². The lowest BCUT2D eigenvalue weighted by Crippen LogP contribution is -2.14. The fourth-order valence-electron chi connectivity index (χ4n) is 3.65. The number of oxazole rings is 1. The molecule has 1 heterocycles. The van der Waals surface area contributed by atoms with E-state index in [-0.39, 0.29) is 5.91 Å². The molecule has 0 fully saturated rings. The van der Waals surface area contributed by atoms with E-state index in [4.69, 9.17) is 25.5 Å². The molecule has 0 aliphatic carbocycles. The first-order valence-corrected chi connectivity index (χ1v) is 11.5. The first-order chi connectivity index (χ1) is 17.6. The van der Waals surface area contributed by atoms with Crippen molar-refractivity contribution >= 4 is 23.2 Å². The highest BCUT2D eigenvalue weighted by Gasteiger charge is 2.19. The second-order valence-corrected chi connectivity index (χ2v) is 8.25. The van der Waals surface area contributed by atoms with E-state index in [1.165, 1.54) is 0 Å². The van der Waals surface area contributed by atoms with Gasteiger partial charge < -0.3 is 19.2 Å². The van der Waals surface area contributed by atoms with Gasteiger partial charge in [0.25, 0.3) is 5.91 Å². The molecule has 0 saturated carbocycles. The summed E-state index contributed by atoms with van der Waals surface area (Å²) in [5.41, 5.74) is 2.24. The molecule has 0 aliphatic rings. The lowest BCUT2D eigenvalue weighted by molar-refractivity contribution is 0.102. The Labute approximate surface area is 213 Å². The molecular weight excluding hydrogens is 476 g/mol.